The molecule has 0 radical (unpaired) electrons. The van der Waals surface area contributed by atoms with Crippen molar-refractivity contribution >= 4 is 17.6 Å². The fourth-order valence-electron chi connectivity index (χ4n) is 4.80. The zero-order valence-electron chi connectivity index (χ0n) is 17.5. The van der Waals surface area contributed by atoms with Crippen LogP contribution in [-0.2, 0) is 9.53 Å². The molecule has 1 aromatic heterocycles. The number of likely N-dealkylation sites (tertiary alicyclic amines) is 1. The molecule has 0 aromatic carbocycles. The van der Waals surface area contributed by atoms with E-state index >= 15 is 0 Å². The van der Waals surface area contributed by atoms with Crippen LogP contribution in [0.4, 0.5) is 11.6 Å². The van der Waals surface area contributed by atoms with Gasteiger partial charge in [-0.1, -0.05) is 0 Å². The number of aromatic nitrogens is 2. The Morgan fingerprint density at radius 3 is 2.66 bits per heavy atom. The first-order valence-electron chi connectivity index (χ1n) is 10.9. The summed E-state index contributed by atoms with van der Waals surface area (Å²) < 4.78 is 5.79. The maximum atomic E-state index is 12.7. The number of carbonyl (C=O) groups excluding carboxylic acids is 1. The van der Waals surface area contributed by atoms with Gasteiger partial charge in [-0.3, -0.25) is 9.69 Å². The van der Waals surface area contributed by atoms with E-state index in [9.17, 15) is 9.90 Å². The van der Waals surface area contributed by atoms with Crippen LogP contribution in [0.2, 0.25) is 0 Å². The van der Waals surface area contributed by atoms with E-state index in [-0.39, 0.29) is 23.6 Å². The van der Waals surface area contributed by atoms with E-state index in [0.717, 1.165) is 76.5 Å². The smallest absolute Gasteiger partial charge is 0.312 e. The average Bonchev–Trinajstić information content (AvgIpc) is 2.98. The van der Waals surface area contributed by atoms with Crippen LogP contribution in [-0.4, -0.2) is 76.9 Å². The second-order valence-electron chi connectivity index (χ2n) is 9.09. The van der Waals surface area contributed by atoms with Gasteiger partial charge in [-0.15, -0.1) is 0 Å². The number of hydrogen-bond acceptors (Lipinski definition) is 8. The van der Waals surface area contributed by atoms with Crippen molar-refractivity contribution in [2.75, 3.05) is 42.9 Å². The predicted octanol–water partition coefficient (Wildman–Crippen LogP) is 1.66. The Labute approximate surface area is 172 Å². The van der Waals surface area contributed by atoms with Gasteiger partial charge in [0.2, 0.25) is 0 Å². The highest BCUT2D eigenvalue weighted by atomic mass is 16.6. The lowest BCUT2D eigenvalue weighted by Crippen LogP contribution is -2.43. The average molecular weight is 404 g/mol. The van der Waals surface area contributed by atoms with Gasteiger partial charge in [0.1, 0.15) is 24.1 Å². The number of anilines is 2. The highest BCUT2D eigenvalue weighted by molar-refractivity contribution is 5.79. The molecule has 0 bridgehead atoms. The third kappa shape index (κ3) is 4.64. The Morgan fingerprint density at radius 2 is 1.97 bits per heavy atom. The molecule has 4 rings (SSSR count). The number of nitrogens with one attached hydrogen (secondary N) is 1. The molecule has 0 amide bonds. The summed E-state index contributed by atoms with van der Waals surface area (Å²) >= 11 is 0. The quantitative estimate of drug-likeness (QED) is 0.718. The number of aliphatic hydroxyl groups is 1. The molecule has 8 heteroatoms. The Hall–Kier alpha value is -1.93. The van der Waals surface area contributed by atoms with Gasteiger partial charge < -0.3 is 20.1 Å². The van der Waals surface area contributed by atoms with Crippen molar-refractivity contribution in [2.24, 2.45) is 5.41 Å². The Bertz CT molecular complexity index is 712. The largest absolute Gasteiger partial charge is 0.461 e. The van der Waals surface area contributed by atoms with Crippen molar-refractivity contribution in [1.29, 1.82) is 0 Å². The summed E-state index contributed by atoms with van der Waals surface area (Å²) in [6.45, 7) is 8.33. The number of hydrogen-bond donors (Lipinski definition) is 2. The molecular weight excluding hydrogens is 370 g/mol. The van der Waals surface area contributed by atoms with Crippen molar-refractivity contribution in [3.05, 3.63) is 12.4 Å². The van der Waals surface area contributed by atoms with Crippen molar-refractivity contribution < 1.29 is 14.6 Å². The summed E-state index contributed by atoms with van der Waals surface area (Å²) in [5.41, 5.74) is -0.345. The number of piperidine rings is 2. The SMILES string of the molecule is CC(C)Nc1cc(N2CCC3(CC2)CC(CN2CCC(O)CC2)OC3=O)ncn1. The molecule has 1 aromatic rings. The van der Waals surface area contributed by atoms with Crippen molar-refractivity contribution in [2.45, 2.75) is 64.2 Å². The first-order chi connectivity index (χ1) is 13.9. The van der Waals surface area contributed by atoms with Gasteiger partial charge in [0.25, 0.3) is 0 Å². The van der Waals surface area contributed by atoms with E-state index in [0.29, 0.717) is 6.04 Å². The molecule has 3 aliphatic rings. The molecular formula is C21H33N5O3. The van der Waals surface area contributed by atoms with Gasteiger partial charge >= 0.3 is 5.97 Å². The Balaban J connectivity index is 1.33. The third-order valence-electron chi connectivity index (χ3n) is 6.48. The zero-order chi connectivity index (χ0) is 20.4. The number of cyclic esters (lactones) is 1. The first kappa shape index (κ1) is 20.3. The fraction of sp³-hybridized carbons (Fsp3) is 0.762. The summed E-state index contributed by atoms with van der Waals surface area (Å²) in [7, 11) is 0. The highest BCUT2D eigenvalue weighted by Gasteiger charge is 2.50. The number of ether oxygens (including phenoxy) is 1. The maximum absolute atomic E-state index is 12.7. The molecule has 0 aliphatic carbocycles. The molecule has 160 valence electrons. The monoisotopic (exact) mass is 403 g/mol. The van der Waals surface area contributed by atoms with Crippen molar-refractivity contribution in [3.8, 4) is 0 Å². The van der Waals surface area contributed by atoms with Crippen LogP contribution >= 0.6 is 0 Å². The van der Waals surface area contributed by atoms with Crippen molar-refractivity contribution in [3.63, 3.8) is 0 Å². The second-order valence-corrected chi connectivity index (χ2v) is 9.09. The van der Waals surface area contributed by atoms with Gasteiger partial charge in [-0.25, -0.2) is 9.97 Å². The summed E-state index contributed by atoms with van der Waals surface area (Å²) in [6.07, 6.45) is 5.44. The normalized spacial score (nSPS) is 25.6. The van der Waals surface area contributed by atoms with Crippen LogP contribution < -0.4 is 10.2 Å². The van der Waals surface area contributed by atoms with Gasteiger partial charge in [0, 0.05) is 51.3 Å². The molecule has 1 unspecified atom stereocenters. The van der Waals surface area contributed by atoms with Crippen LogP contribution in [0.25, 0.3) is 0 Å². The standard InChI is InChI=1S/C21H33N5O3/c1-15(2)24-18-11-19(23-14-22-18)26-9-5-21(6-10-26)12-17(29-20(21)28)13-25-7-3-16(27)4-8-25/h11,14-17,27H,3-10,12-13H2,1-2H3,(H,22,23,24). The summed E-state index contributed by atoms with van der Waals surface area (Å²) in [4.78, 5) is 26.0. The van der Waals surface area contributed by atoms with Gasteiger partial charge in [-0.2, -0.15) is 0 Å². The lowest BCUT2D eigenvalue weighted by Gasteiger charge is -2.37. The van der Waals surface area contributed by atoms with Gasteiger partial charge in [0.05, 0.1) is 11.5 Å². The fourth-order valence-corrected chi connectivity index (χ4v) is 4.80. The van der Waals surface area contributed by atoms with Crippen LogP contribution in [0, 0.1) is 5.41 Å². The summed E-state index contributed by atoms with van der Waals surface area (Å²) in [6, 6.07) is 2.30. The summed E-state index contributed by atoms with van der Waals surface area (Å²) in [5.74, 6) is 1.72. The zero-order valence-corrected chi connectivity index (χ0v) is 17.5. The highest BCUT2D eigenvalue weighted by Crippen LogP contribution is 2.44. The van der Waals surface area contributed by atoms with E-state index in [1.807, 2.05) is 6.07 Å². The number of carbonyl (C=O) groups is 1. The molecule has 3 fully saturated rings. The van der Waals surface area contributed by atoms with E-state index in [1.165, 1.54) is 0 Å². The minimum atomic E-state index is -0.345. The number of esters is 1. The van der Waals surface area contributed by atoms with Gasteiger partial charge in [-0.05, 0) is 39.5 Å². The van der Waals surface area contributed by atoms with E-state index in [4.69, 9.17) is 4.74 Å². The van der Waals surface area contributed by atoms with E-state index < -0.39 is 0 Å². The Kier molecular flexibility index (Phi) is 5.92. The lowest BCUT2D eigenvalue weighted by molar-refractivity contribution is -0.150. The van der Waals surface area contributed by atoms with Crippen molar-refractivity contribution in [1.82, 2.24) is 14.9 Å². The second kappa shape index (κ2) is 8.44. The van der Waals surface area contributed by atoms with Crippen LogP contribution in [0.1, 0.15) is 46.0 Å². The molecule has 29 heavy (non-hydrogen) atoms. The lowest BCUT2D eigenvalue weighted by atomic mass is 9.76. The topological polar surface area (TPSA) is 90.8 Å². The van der Waals surface area contributed by atoms with Gasteiger partial charge in [0.15, 0.2) is 0 Å². The predicted molar refractivity (Wildman–Crippen MR) is 111 cm³/mol. The molecule has 4 heterocycles. The molecule has 1 atom stereocenters. The molecule has 0 saturated carbocycles. The van der Waals surface area contributed by atoms with Crippen LogP contribution in [0.5, 0.6) is 0 Å². The molecule has 3 aliphatic heterocycles. The van der Waals surface area contributed by atoms with E-state index in [2.05, 4.69) is 38.9 Å². The van der Waals surface area contributed by atoms with Crippen LogP contribution in [0.15, 0.2) is 12.4 Å². The minimum absolute atomic E-state index is 0.0230. The molecule has 1 spiro atoms. The number of nitrogens with zero attached hydrogens (tertiary/aromatic N) is 4. The third-order valence-corrected chi connectivity index (χ3v) is 6.48. The molecule has 8 nitrogen and oxygen atoms in total. The number of rotatable bonds is 5. The summed E-state index contributed by atoms with van der Waals surface area (Å²) in [5, 5.41) is 13.0. The number of aliphatic hydroxyl groups excluding tert-OH is 1. The van der Waals surface area contributed by atoms with E-state index in [1.54, 1.807) is 6.33 Å². The molecule has 2 N–H and O–H groups in total. The van der Waals surface area contributed by atoms with Crippen LogP contribution in [0.3, 0.4) is 0 Å². The Morgan fingerprint density at radius 1 is 1.24 bits per heavy atom. The molecule has 3 saturated heterocycles. The minimum Gasteiger partial charge on any atom is -0.461 e. The maximum Gasteiger partial charge on any atom is 0.312 e. The first-order valence-corrected chi connectivity index (χ1v) is 10.9.